The number of hydrogen-bond acceptors (Lipinski definition) is 6. The number of aliphatic carboxylic acids is 2. The van der Waals surface area contributed by atoms with E-state index in [0.29, 0.717) is 42.5 Å². The van der Waals surface area contributed by atoms with Crippen molar-refractivity contribution in [3.05, 3.63) is 36.3 Å². The number of furan rings is 1. The van der Waals surface area contributed by atoms with Gasteiger partial charge < -0.3 is 29.7 Å². The van der Waals surface area contributed by atoms with E-state index in [0.717, 1.165) is 19.6 Å². The van der Waals surface area contributed by atoms with Gasteiger partial charge in [-0.25, -0.2) is 14.4 Å². The van der Waals surface area contributed by atoms with Crippen molar-refractivity contribution in [2.45, 2.75) is 39.5 Å². The van der Waals surface area contributed by atoms with Gasteiger partial charge in [-0.15, -0.1) is 0 Å². The van der Waals surface area contributed by atoms with Gasteiger partial charge in [0.1, 0.15) is 5.76 Å². The fourth-order valence-electron chi connectivity index (χ4n) is 2.52. The lowest BCUT2D eigenvalue weighted by Crippen LogP contribution is -2.47. The number of hydrogen-bond donors (Lipinski definition) is 3. The molecule has 0 aliphatic carbocycles. The second kappa shape index (κ2) is 17.0. The summed E-state index contributed by atoms with van der Waals surface area (Å²) in [6.45, 7) is 12.1. The molecule has 0 fully saturated rings. The van der Waals surface area contributed by atoms with E-state index in [4.69, 9.17) is 14.6 Å². The van der Waals surface area contributed by atoms with Gasteiger partial charge in [-0.05, 0) is 39.1 Å². The van der Waals surface area contributed by atoms with Crippen LogP contribution in [0.3, 0.4) is 0 Å². The minimum Gasteiger partial charge on any atom is -0.478 e. The lowest BCUT2D eigenvalue weighted by atomic mass is 10.3. The van der Waals surface area contributed by atoms with Crippen LogP contribution in [0.25, 0.3) is 0 Å². The van der Waals surface area contributed by atoms with Crippen molar-refractivity contribution in [3.63, 3.8) is 0 Å². The highest BCUT2D eigenvalue weighted by molar-refractivity contribution is 7.84. The van der Waals surface area contributed by atoms with Gasteiger partial charge in [-0.2, -0.15) is 0 Å². The molecule has 1 rings (SSSR count). The first kappa shape index (κ1) is 29.3. The number of carbonyl (C=O) groups is 3. The van der Waals surface area contributed by atoms with E-state index in [9.17, 15) is 18.6 Å². The van der Waals surface area contributed by atoms with Crippen LogP contribution in [-0.2, 0) is 26.1 Å². The molecule has 0 radical (unpaired) electrons. The molecule has 0 bridgehead atoms. The topological polar surface area (TPSA) is 140 Å². The van der Waals surface area contributed by atoms with E-state index >= 15 is 0 Å². The molecule has 182 valence electrons. The third-order valence-electron chi connectivity index (χ3n) is 4.29. The molecule has 0 spiro atoms. The van der Waals surface area contributed by atoms with Gasteiger partial charge in [0.05, 0.1) is 12.0 Å². The molecule has 0 saturated carbocycles. The van der Waals surface area contributed by atoms with E-state index < -0.39 is 22.7 Å². The maximum absolute atomic E-state index is 12.4. The Morgan fingerprint density at radius 2 is 1.72 bits per heavy atom. The van der Waals surface area contributed by atoms with Crippen LogP contribution in [0.15, 0.2) is 35.0 Å². The summed E-state index contributed by atoms with van der Waals surface area (Å²) in [7, 11) is -1.04. The molecule has 0 aliphatic heterocycles. The fraction of sp³-hybridized carbons (Fsp3) is 0.571. The Bertz CT molecular complexity index is 716. The number of amides is 2. The van der Waals surface area contributed by atoms with Gasteiger partial charge >= 0.3 is 18.0 Å². The summed E-state index contributed by atoms with van der Waals surface area (Å²) in [5.74, 6) is -0.960. The molecular formula is C21H35N3O7S. The predicted octanol–water partition coefficient (Wildman–Crippen LogP) is 2.00. The van der Waals surface area contributed by atoms with Crippen LogP contribution in [0.2, 0.25) is 0 Å². The van der Waals surface area contributed by atoms with Gasteiger partial charge in [-0.1, -0.05) is 13.8 Å². The Hall–Kier alpha value is -2.66. The molecule has 2 amide bonds. The van der Waals surface area contributed by atoms with Crippen molar-refractivity contribution in [1.82, 2.24) is 15.1 Å². The summed E-state index contributed by atoms with van der Waals surface area (Å²) < 4.78 is 17.3. The number of carbonyl (C=O) groups excluding carboxylic acids is 1. The predicted molar refractivity (Wildman–Crippen MR) is 123 cm³/mol. The van der Waals surface area contributed by atoms with Gasteiger partial charge in [-0.3, -0.25) is 4.21 Å². The largest absolute Gasteiger partial charge is 0.478 e. The maximum atomic E-state index is 12.4. The monoisotopic (exact) mass is 473 g/mol. The first-order valence-electron chi connectivity index (χ1n) is 10.4. The third-order valence-corrected chi connectivity index (χ3v) is 5.54. The zero-order chi connectivity index (χ0) is 24.5. The van der Waals surface area contributed by atoms with Crippen LogP contribution in [0.5, 0.6) is 0 Å². The van der Waals surface area contributed by atoms with Crippen LogP contribution < -0.4 is 5.32 Å². The quantitative estimate of drug-likeness (QED) is 0.370. The van der Waals surface area contributed by atoms with Crippen molar-refractivity contribution in [1.29, 1.82) is 0 Å². The highest BCUT2D eigenvalue weighted by Crippen LogP contribution is 2.06. The average molecular weight is 474 g/mol. The van der Waals surface area contributed by atoms with E-state index in [-0.39, 0.29) is 12.1 Å². The van der Waals surface area contributed by atoms with Crippen LogP contribution in [0.1, 0.15) is 33.5 Å². The molecule has 1 aromatic heterocycles. The molecule has 32 heavy (non-hydrogen) atoms. The lowest BCUT2D eigenvalue weighted by Gasteiger charge is -2.27. The molecule has 11 heteroatoms. The highest BCUT2D eigenvalue weighted by atomic mass is 32.2. The summed E-state index contributed by atoms with van der Waals surface area (Å²) in [5, 5.41) is 18.6. The number of likely N-dealkylation sites (N-methyl/N-ethyl adjacent to an activating group) is 1. The Morgan fingerprint density at radius 1 is 1.12 bits per heavy atom. The van der Waals surface area contributed by atoms with E-state index in [1.165, 1.54) is 0 Å². The fourth-order valence-corrected chi connectivity index (χ4v) is 3.55. The second-order valence-electron chi connectivity index (χ2n) is 6.92. The van der Waals surface area contributed by atoms with Gasteiger partial charge in [0.15, 0.2) is 0 Å². The molecule has 1 aromatic rings. The zero-order valence-corrected chi connectivity index (χ0v) is 20.0. The van der Waals surface area contributed by atoms with Crippen molar-refractivity contribution < 1.29 is 33.2 Å². The van der Waals surface area contributed by atoms with Crippen LogP contribution >= 0.6 is 0 Å². The Kier molecular flexibility index (Phi) is 15.6. The molecule has 0 aromatic carbocycles. The molecule has 0 aliphatic rings. The third kappa shape index (κ3) is 14.4. The van der Waals surface area contributed by atoms with Crippen molar-refractivity contribution >= 4 is 28.8 Å². The van der Waals surface area contributed by atoms with Crippen molar-refractivity contribution in [2.24, 2.45) is 0 Å². The molecule has 10 nitrogen and oxygen atoms in total. The van der Waals surface area contributed by atoms with Gasteiger partial charge in [0.25, 0.3) is 0 Å². The van der Waals surface area contributed by atoms with Gasteiger partial charge in [0.2, 0.25) is 0 Å². The molecule has 1 unspecified atom stereocenters. The minimum atomic E-state index is -1.26. The minimum absolute atomic E-state index is 0.0686. The molecular weight excluding hydrogens is 438 g/mol. The molecule has 3 N–H and O–H groups in total. The van der Waals surface area contributed by atoms with E-state index in [2.05, 4.69) is 24.1 Å². The first-order valence-corrected chi connectivity index (χ1v) is 11.9. The number of carboxylic acid groups (broad SMARTS) is 2. The molecule has 1 atom stereocenters. The Labute approximate surface area is 191 Å². The molecule has 1 heterocycles. The number of nitrogens with one attached hydrogen (secondary N) is 1. The SMILES string of the molecule is CCN(CC)CCNC(=O)N(CCS(=O)Cc1ccco1)C(C)C.O=C(O)C=CC(=O)O. The number of rotatable bonds is 13. The van der Waals surface area contributed by atoms with E-state index in [1.54, 1.807) is 17.2 Å². The number of nitrogens with zero attached hydrogens (tertiary/aromatic N) is 2. The summed E-state index contributed by atoms with van der Waals surface area (Å²) in [6.07, 6.45) is 2.70. The number of urea groups is 1. The smallest absolute Gasteiger partial charge is 0.328 e. The van der Waals surface area contributed by atoms with Gasteiger partial charge in [0, 0.05) is 54.4 Å². The lowest BCUT2D eigenvalue weighted by molar-refractivity contribution is -0.134. The number of carboxylic acids is 2. The summed E-state index contributed by atoms with van der Waals surface area (Å²) in [5.41, 5.74) is 0. The van der Waals surface area contributed by atoms with Crippen LogP contribution in [-0.4, -0.2) is 86.7 Å². The first-order chi connectivity index (χ1) is 15.1. The zero-order valence-electron chi connectivity index (χ0n) is 19.2. The van der Waals surface area contributed by atoms with Crippen LogP contribution in [0.4, 0.5) is 4.79 Å². The normalized spacial score (nSPS) is 11.8. The Morgan fingerprint density at radius 3 is 2.16 bits per heavy atom. The average Bonchev–Trinajstić information content (AvgIpc) is 3.23. The Balaban J connectivity index is 0.00000102. The maximum Gasteiger partial charge on any atom is 0.328 e. The summed E-state index contributed by atoms with van der Waals surface area (Å²) in [4.78, 5) is 35.5. The van der Waals surface area contributed by atoms with E-state index in [1.807, 2.05) is 19.9 Å². The second-order valence-corrected chi connectivity index (χ2v) is 8.50. The van der Waals surface area contributed by atoms with Crippen molar-refractivity contribution in [2.75, 3.05) is 38.5 Å². The summed E-state index contributed by atoms with van der Waals surface area (Å²) >= 11 is 0. The summed E-state index contributed by atoms with van der Waals surface area (Å²) in [6, 6.07) is 3.58. The molecule has 0 saturated heterocycles. The highest BCUT2D eigenvalue weighted by Gasteiger charge is 2.18. The van der Waals surface area contributed by atoms with Crippen molar-refractivity contribution in [3.8, 4) is 0 Å². The standard InChI is InChI=1S/C17H31N3O3S.C4H4O4/c1-5-19(6-2)10-9-18-17(21)20(15(3)4)11-13-24(22)14-16-8-7-12-23-16;5-3(6)1-2-4(7)8/h7-8,12,15H,5-6,9-11,13-14H2,1-4H3,(H,18,21);1-2H,(H,5,6)(H,7,8). The van der Waals surface area contributed by atoms with Crippen LogP contribution in [0, 0.1) is 0 Å².